The van der Waals surface area contributed by atoms with E-state index in [1.54, 1.807) is 6.07 Å². The fraction of sp³-hybridized carbons (Fsp3) is 0.462. The number of hydrogen-bond acceptors (Lipinski definition) is 2. The third kappa shape index (κ3) is 2.57. The first-order valence-corrected chi connectivity index (χ1v) is 5.88. The zero-order valence-electron chi connectivity index (χ0n) is 9.82. The number of carboxylic acids is 1. The van der Waals surface area contributed by atoms with Crippen LogP contribution in [0, 0.1) is 5.82 Å². The van der Waals surface area contributed by atoms with Gasteiger partial charge in [-0.15, -0.1) is 0 Å². The van der Waals surface area contributed by atoms with E-state index in [-0.39, 0.29) is 5.56 Å². The Morgan fingerprint density at radius 1 is 1.41 bits per heavy atom. The van der Waals surface area contributed by atoms with Crippen LogP contribution in [0.4, 0.5) is 10.1 Å². The van der Waals surface area contributed by atoms with Gasteiger partial charge in [0.05, 0.1) is 5.56 Å². The summed E-state index contributed by atoms with van der Waals surface area (Å²) >= 11 is 0. The predicted octanol–water partition coefficient (Wildman–Crippen LogP) is 2.90. The molecule has 4 heteroatoms. The molecular weight excluding hydrogens is 221 g/mol. The fourth-order valence-electron chi connectivity index (χ4n) is 2.35. The Morgan fingerprint density at radius 2 is 2.18 bits per heavy atom. The van der Waals surface area contributed by atoms with Crippen molar-refractivity contribution < 1.29 is 14.3 Å². The van der Waals surface area contributed by atoms with Crippen LogP contribution in [0.5, 0.6) is 0 Å². The minimum Gasteiger partial charge on any atom is -0.478 e. The number of carbonyl (C=O) groups is 1. The van der Waals surface area contributed by atoms with E-state index in [1.807, 2.05) is 0 Å². The lowest BCUT2D eigenvalue weighted by molar-refractivity contribution is 0.0696. The van der Waals surface area contributed by atoms with E-state index >= 15 is 0 Å². The molecule has 1 aromatic rings. The summed E-state index contributed by atoms with van der Waals surface area (Å²) in [7, 11) is 0. The summed E-state index contributed by atoms with van der Waals surface area (Å²) < 4.78 is 13.4. The van der Waals surface area contributed by atoms with Crippen LogP contribution in [-0.2, 0) is 0 Å². The normalized spacial score (nSPS) is 20.4. The first kappa shape index (κ1) is 11.9. The molecular formula is C13H16FNO2. The molecule has 0 aromatic heterocycles. The Kier molecular flexibility index (Phi) is 3.31. The SMILES string of the molecule is CC1CCCCN1c1cc(F)cc(C(=O)O)c1. The molecule has 0 amide bonds. The van der Waals surface area contributed by atoms with Gasteiger partial charge in [-0.3, -0.25) is 0 Å². The molecule has 0 aliphatic carbocycles. The number of rotatable bonds is 2. The second-order valence-corrected chi connectivity index (χ2v) is 4.54. The molecule has 1 aliphatic rings. The second-order valence-electron chi connectivity index (χ2n) is 4.54. The molecule has 92 valence electrons. The van der Waals surface area contributed by atoms with Crippen molar-refractivity contribution in [3.05, 3.63) is 29.6 Å². The molecule has 0 radical (unpaired) electrons. The van der Waals surface area contributed by atoms with Crippen LogP contribution < -0.4 is 4.90 Å². The number of anilines is 1. The number of piperidine rings is 1. The predicted molar refractivity (Wildman–Crippen MR) is 64.0 cm³/mol. The first-order valence-electron chi connectivity index (χ1n) is 5.88. The average Bonchev–Trinajstić information content (AvgIpc) is 2.28. The van der Waals surface area contributed by atoms with Gasteiger partial charge >= 0.3 is 5.97 Å². The highest BCUT2D eigenvalue weighted by molar-refractivity contribution is 5.88. The highest BCUT2D eigenvalue weighted by Crippen LogP contribution is 2.26. The average molecular weight is 237 g/mol. The topological polar surface area (TPSA) is 40.5 Å². The van der Waals surface area contributed by atoms with Gasteiger partial charge in [0.1, 0.15) is 5.82 Å². The highest BCUT2D eigenvalue weighted by atomic mass is 19.1. The van der Waals surface area contributed by atoms with Crippen LogP contribution in [0.3, 0.4) is 0 Å². The molecule has 17 heavy (non-hydrogen) atoms. The van der Waals surface area contributed by atoms with Crippen molar-refractivity contribution in [2.45, 2.75) is 32.2 Å². The van der Waals surface area contributed by atoms with Crippen molar-refractivity contribution in [3.63, 3.8) is 0 Å². The monoisotopic (exact) mass is 237 g/mol. The number of nitrogens with zero attached hydrogens (tertiary/aromatic N) is 1. The van der Waals surface area contributed by atoms with Gasteiger partial charge in [-0.1, -0.05) is 0 Å². The Bertz CT molecular complexity index is 433. The van der Waals surface area contributed by atoms with E-state index in [0.29, 0.717) is 11.7 Å². The van der Waals surface area contributed by atoms with E-state index in [2.05, 4.69) is 11.8 Å². The molecule has 1 heterocycles. The number of hydrogen-bond donors (Lipinski definition) is 1. The Morgan fingerprint density at radius 3 is 2.82 bits per heavy atom. The Hall–Kier alpha value is -1.58. The Balaban J connectivity index is 2.33. The Labute approximate surface area is 99.9 Å². The lowest BCUT2D eigenvalue weighted by atomic mass is 10.0. The molecule has 1 aliphatic heterocycles. The van der Waals surface area contributed by atoms with Gasteiger partial charge in [-0.05, 0) is 44.4 Å². The molecule has 3 nitrogen and oxygen atoms in total. The number of benzene rings is 1. The number of halogens is 1. The lowest BCUT2D eigenvalue weighted by Gasteiger charge is -2.35. The maximum Gasteiger partial charge on any atom is 0.335 e. The second kappa shape index (κ2) is 4.73. The third-order valence-electron chi connectivity index (χ3n) is 3.26. The summed E-state index contributed by atoms with van der Waals surface area (Å²) in [4.78, 5) is 13.0. The molecule has 1 aromatic carbocycles. The largest absolute Gasteiger partial charge is 0.478 e. The fourth-order valence-corrected chi connectivity index (χ4v) is 2.35. The van der Waals surface area contributed by atoms with Crippen molar-refractivity contribution >= 4 is 11.7 Å². The van der Waals surface area contributed by atoms with Crippen LogP contribution in [0.15, 0.2) is 18.2 Å². The van der Waals surface area contributed by atoms with E-state index in [4.69, 9.17) is 5.11 Å². The zero-order chi connectivity index (χ0) is 12.4. The van der Waals surface area contributed by atoms with Crippen LogP contribution in [-0.4, -0.2) is 23.7 Å². The third-order valence-corrected chi connectivity index (χ3v) is 3.26. The molecule has 0 bridgehead atoms. The summed E-state index contributed by atoms with van der Waals surface area (Å²) in [6.45, 7) is 2.95. The van der Waals surface area contributed by atoms with Crippen molar-refractivity contribution in [2.75, 3.05) is 11.4 Å². The highest BCUT2D eigenvalue weighted by Gasteiger charge is 2.20. The molecule has 1 saturated heterocycles. The molecule has 1 unspecified atom stereocenters. The van der Waals surface area contributed by atoms with Crippen molar-refractivity contribution in [1.82, 2.24) is 0 Å². The van der Waals surface area contributed by atoms with Gasteiger partial charge in [0.15, 0.2) is 0 Å². The quantitative estimate of drug-likeness (QED) is 0.859. The molecule has 2 rings (SSSR count). The molecule has 0 saturated carbocycles. The standard InChI is InChI=1S/C13H16FNO2/c1-9-4-2-3-5-15(9)12-7-10(13(16)17)6-11(14)8-12/h6-9H,2-5H2,1H3,(H,16,17). The van der Waals surface area contributed by atoms with Crippen molar-refractivity contribution in [3.8, 4) is 0 Å². The molecule has 0 spiro atoms. The van der Waals surface area contributed by atoms with Gasteiger partial charge in [0.2, 0.25) is 0 Å². The maximum atomic E-state index is 13.4. The van der Waals surface area contributed by atoms with Crippen molar-refractivity contribution in [1.29, 1.82) is 0 Å². The summed E-state index contributed by atoms with van der Waals surface area (Å²) in [5.41, 5.74) is 0.687. The van der Waals surface area contributed by atoms with Gasteiger partial charge in [-0.2, -0.15) is 0 Å². The summed E-state index contributed by atoms with van der Waals surface area (Å²) in [5, 5.41) is 8.91. The van der Waals surface area contributed by atoms with Crippen LogP contribution in [0.2, 0.25) is 0 Å². The van der Waals surface area contributed by atoms with Gasteiger partial charge in [0.25, 0.3) is 0 Å². The zero-order valence-corrected chi connectivity index (χ0v) is 9.82. The number of carboxylic acid groups (broad SMARTS) is 1. The van der Waals surface area contributed by atoms with E-state index in [9.17, 15) is 9.18 Å². The molecule has 1 atom stereocenters. The minimum atomic E-state index is -1.09. The van der Waals surface area contributed by atoms with Gasteiger partial charge in [-0.25, -0.2) is 9.18 Å². The summed E-state index contributed by atoms with van der Waals surface area (Å²) in [6.07, 6.45) is 3.32. The smallest absolute Gasteiger partial charge is 0.335 e. The minimum absolute atomic E-state index is 0.0118. The van der Waals surface area contributed by atoms with E-state index in [0.717, 1.165) is 25.5 Å². The molecule has 1 N–H and O–H groups in total. The summed E-state index contributed by atoms with van der Waals surface area (Å²) in [6, 6.07) is 4.36. The number of aromatic carboxylic acids is 1. The van der Waals surface area contributed by atoms with Crippen LogP contribution >= 0.6 is 0 Å². The van der Waals surface area contributed by atoms with E-state index in [1.165, 1.54) is 12.5 Å². The lowest BCUT2D eigenvalue weighted by Crippen LogP contribution is -2.37. The summed E-state index contributed by atoms with van der Waals surface area (Å²) in [5.74, 6) is -1.58. The van der Waals surface area contributed by atoms with Crippen molar-refractivity contribution in [2.24, 2.45) is 0 Å². The van der Waals surface area contributed by atoms with Gasteiger partial charge in [0, 0.05) is 18.3 Å². The van der Waals surface area contributed by atoms with Crippen LogP contribution in [0.25, 0.3) is 0 Å². The maximum absolute atomic E-state index is 13.4. The first-order chi connectivity index (χ1) is 8.08. The van der Waals surface area contributed by atoms with Crippen LogP contribution in [0.1, 0.15) is 36.5 Å². The molecule has 1 fully saturated rings. The van der Waals surface area contributed by atoms with Gasteiger partial charge < -0.3 is 10.0 Å². The van der Waals surface area contributed by atoms with E-state index < -0.39 is 11.8 Å².